The van der Waals surface area contributed by atoms with E-state index in [1.54, 1.807) is 18.2 Å². The van der Waals surface area contributed by atoms with Crippen molar-refractivity contribution in [2.24, 2.45) is 5.92 Å². The van der Waals surface area contributed by atoms with Gasteiger partial charge in [-0.3, -0.25) is 4.79 Å². The van der Waals surface area contributed by atoms with Crippen LogP contribution < -0.4 is 0 Å². The number of carbonyl (C=O) groups is 1. The van der Waals surface area contributed by atoms with Crippen LogP contribution in [0.2, 0.25) is 0 Å². The number of fused-ring (bicyclic) bond motifs is 2. The molecule has 2 aromatic rings. The predicted octanol–water partition coefficient (Wildman–Crippen LogP) is 3.02. The number of rotatable bonds is 0. The average molecular weight is 242 g/mol. The van der Waals surface area contributed by atoms with Gasteiger partial charge in [0.15, 0.2) is 5.78 Å². The van der Waals surface area contributed by atoms with Crippen LogP contribution in [0.1, 0.15) is 29.3 Å². The van der Waals surface area contributed by atoms with E-state index < -0.39 is 0 Å². The molecule has 1 aliphatic carbocycles. The maximum atomic E-state index is 12.1. The fourth-order valence-electron chi connectivity index (χ4n) is 2.67. The highest BCUT2D eigenvalue weighted by atomic mass is 16.3. The lowest BCUT2D eigenvalue weighted by atomic mass is 9.82. The molecular formula is C15H14O3. The van der Waals surface area contributed by atoms with Gasteiger partial charge in [0.05, 0.1) is 5.56 Å². The van der Waals surface area contributed by atoms with Gasteiger partial charge in [0.25, 0.3) is 0 Å². The molecule has 18 heavy (non-hydrogen) atoms. The Morgan fingerprint density at radius 2 is 2.00 bits per heavy atom. The second-order valence-electron chi connectivity index (χ2n) is 4.94. The van der Waals surface area contributed by atoms with Gasteiger partial charge < -0.3 is 10.2 Å². The molecule has 0 saturated heterocycles. The van der Waals surface area contributed by atoms with Gasteiger partial charge in [-0.15, -0.1) is 0 Å². The Kier molecular flexibility index (Phi) is 2.30. The summed E-state index contributed by atoms with van der Waals surface area (Å²) in [7, 11) is 0. The summed E-state index contributed by atoms with van der Waals surface area (Å²) in [6, 6.07) is 6.79. The summed E-state index contributed by atoms with van der Waals surface area (Å²) in [5, 5.41) is 21.2. The smallest absolute Gasteiger partial charge is 0.169 e. The van der Waals surface area contributed by atoms with Gasteiger partial charge in [0.2, 0.25) is 0 Å². The normalized spacial score (nSPS) is 18.9. The Morgan fingerprint density at radius 1 is 1.22 bits per heavy atom. The Balaban J connectivity index is 2.39. The fraction of sp³-hybridized carbons (Fsp3) is 0.267. The summed E-state index contributed by atoms with van der Waals surface area (Å²) < 4.78 is 0. The highest BCUT2D eigenvalue weighted by Crippen LogP contribution is 2.40. The summed E-state index contributed by atoms with van der Waals surface area (Å²) >= 11 is 0. The van der Waals surface area contributed by atoms with Crippen LogP contribution >= 0.6 is 0 Å². The first-order valence-corrected chi connectivity index (χ1v) is 6.10. The molecule has 0 amide bonds. The number of hydrogen-bond acceptors (Lipinski definition) is 3. The van der Waals surface area contributed by atoms with Crippen molar-refractivity contribution in [2.75, 3.05) is 0 Å². The first-order chi connectivity index (χ1) is 8.59. The molecule has 0 fully saturated rings. The average Bonchev–Trinajstić information content (AvgIpc) is 2.35. The Labute approximate surface area is 105 Å². The lowest BCUT2D eigenvalue weighted by Gasteiger charge is -2.22. The molecule has 3 rings (SSSR count). The monoisotopic (exact) mass is 242 g/mol. The third-order valence-corrected chi connectivity index (χ3v) is 3.76. The van der Waals surface area contributed by atoms with Crippen molar-refractivity contribution in [3.05, 3.63) is 35.4 Å². The zero-order chi connectivity index (χ0) is 12.9. The molecule has 0 heterocycles. The van der Waals surface area contributed by atoms with Crippen molar-refractivity contribution < 1.29 is 15.0 Å². The number of carbonyl (C=O) groups excluding carboxylic acids is 1. The summed E-state index contributed by atoms with van der Waals surface area (Å²) in [4.78, 5) is 12.1. The van der Waals surface area contributed by atoms with E-state index in [-0.39, 0.29) is 23.2 Å². The van der Waals surface area contributed by atoms with Crippen LogP contribution in [-0.2, 0) is 6.42 Å². The maximum Gasteiger partial charge on any atom is 0.169 e. The van der Waals surface area contributed by atoms with Gasteiger partial charge in [-0.05, 0) is 30.5 Å². The lowest BCUT2D eigenvalue weighted by Crippen LogP contribution is -2.20. The van der Waals surface area contributed by atoms with Gasteiger partial charge in [-0.25, -0.2) is 0 Å². The van der Waals surface area contributed by atoms with E-state index in [2.05, 4.69) is 0 Å². The van der Waals surface area contributed by atoms with Crippen molar-refractivity contribution in [1.82, 2.24) is 0 Å². The van der Waals surface area contributed by atoms with E-state index in [0.29, 0.717) is 16.3 Å². The molecule has 2 N–H and O–H groups in total. The molecule has 0 bridgehead atoms. The van der Waals surface area contributed by atoms with Gasteiger partial charge in [0.1, 0.15) is 11.5 Å². The van der Waals surface area contributed by atoms with Crippen molar-refractivity contribution >= 4 is 16.6 Å². The van der Waals surface area contributed by atoms with E-state index in [0.717, 1.165) is 18.4 Å². The van der Waals surface area contributed by atoms with Crippen LogP contribution in [0.25, 0.3) is 10.8 Å². The number of phenolic OH excluding ortho intramolecular Hbond substituents is 2. The number of aromatic hydroxyl groups is 2. The minimum Gasteiger partial charge on any atom is -0.507 e. The second kappa shape index (κ2) is 3.73. The van der Waals surface area contributed by atoms with Gasteiger partial charge >= 0.3 is 0 Å². The van der Waals surface area contributed by atoms with E-state index in [4.69, 9.17) is 0 Å². The Morgan fingerprint density at radius 3 is 2.78 bits per heavy atom. The first kappa shape index (κ1) is 11.1. The molecule has 0 aromatic heterocycles. The van der Waals surface area contributed by atoms with Crippen molar-refractivity contribution in [2.45, 2.75) is 19.8 Å². The molecule has 1 aliphatic rings. The molecular weight excluding hydrogens is 228 g/mol. The topological polar surface area (TPSA) is 57.5 Å². The lowest BCUT2D eigenvalue weighted by molar-refractivity contribution is 0.0911. The number of Topliss-reactive ketones (excluding diaryl/α,β-unsaturated/α-hetero) is 1. The fourth-order valence-corrected chi connectivity index (χ4v) is 2.67. The molecule has 0 unspecified atom stereocenters. The Bertz CT molecular complexity index is 658. The van der Waals surface area contributed by atoms with Crippen LogP contribution in [-0.4, -0.2) is 16.0 Å². The standard InChI is InChI=1S/C15H14O3/c1-8-5-6-9-7-11-10(3-2-4-12(11)16)15(18)13(9)14(8)17/h2-4,7-8,16,18H,5-6H2,1H3/t8-/m1/s1. The number of hydrogen-bond donors (Lipinski definition) is 2. The van der Waals surface area contributed by atoms with Crippen LogP contribution in [0.4, 0.5) is 0 Å². The number of benzene rings is 2. The first-order valence-electron chi connectivity index (χ1n) is 6.10. The van der Waals surface area contributed by atoms with Crippen LogP contribution in [0.15, 0.2) is 24.3 Å². The largest absolute Gasteiger partial charge is 0.507 e. The van der Waals surface area contributed by atoms with Crippen LogP contribution in [0, 0.1) is 5.92 Å². The van der Waals surface area contributed by atoms with Gasteiger partial charge in [0, 0.05) is 16.7 Å². The number of phenols is 2. The van der Waals surface area contributed by atoms with E-state index >= 15 is 0 Å². The quantitative estimate of drug-likeness (QED) is 0.746. The van der Waals surface area contributed by atoms with Crippen LogP contribution in [0.5, 0.6) is 11.5 Å². The molecule has 0 spiro atoms. The van der Waals surface area contributed by atoms with Gasteiger partial charge in [-0.2, -0.15) is 0 Å². The second-order valence-corrected chi connectivity index (χ2v) is 4.94. The van der Waals surface area contributed by atoms with Crippen molar-refractivity contribution in [3.63, 3.8) is 0 Å². The highest BCUT2D eigenvalue weighted by molar-refractivity contribution is 6.08. The van der Waals surface area contributed by atoms with E-state index in [9.17, 15) is 15.0 Å². The van der Waals surface area contributed by atoms with E-state index in [1.165, 1.54) is 0 Å². The number of ketones is 1. The number of aryl methyl sites for hydroxylation is 1. The predicted molar refractivity (Wildman–Crippen MR) is 69.1 cm³/mol. The molecule has 0 aliphatic heterocycles. The molecule has 1 atom stereocenters. The third kappa shape index (κ3) is 1.40. The zero-order valence-electron chi connectivity index (χ0n) is 10.1. The summed E-state index contributed by atoms with van der Waals surface area (Å²) in [5.41, 5.74) is 1.27. The van der Waals surface area contributed by atoms with Gasteiger partial charge in [-0.1, -0.05) is 19.1 Å². The molecule has 2 aromatic carbocycles. The van der Waals surface area contributed by atoms with E-state index in [1.807, 2.05) is 13.0 Å². The van der Waals surface area contributed by atoms with Crippen molar-refractivity contribution in [1.29, 1.82) is 0 Å². The summed E-state index contributed by atoms with van der Waals surface area (Å²) in [6.07, 6.45) is 1.56. The van der Waals surface area contributed by atoms with Crippen LogP contribution in [0.3, 0.4) is 0 Å². The molecule has 0 radical (unpaired) electrons. The maximum absolute atomic E-state index is 12.1. The molecule has 0 saturated carbocycles. The minimum absolute atomic E-state index is 0.000933. The summed E-state index contributed by atoms with van der Waals surface area (Å²) in [5.74, 6) is 0.101. The van der Waals surface area contributed by atoms with Crippen molar-refractivity contribution in [3.8, 4) is 11.5 Å². The molecule has 92 valence electrons. The minimum atomic E-state index is -0.0434. The molecule has 3 nitrogen and oxygen atoms in total. The third-order valence-electron chi connectivity index (χ3n) is 3.76. The SMILES string of the molecule is C[C@@H]1CCc2cc3c(O)cccc3c(O)c2C1=O. The zero-order valence-corrected chi connectivity index (χ0v) is 10.1. The summed E-state index contributed by atoms with van der Waals surface area (Å²) in [6.45, 7) is 1.89. The Hall–Kier alpha value is -2.03. The highest BCUT2D eigenvalue weighted by Gasteiger charge is 2.28. The molecule has 3 heteroatoms.